The summed E-state index contributed by atoms with van der Waals surface area (Å²) in [7, 11) is 1.78. The molecular weight excluding hydrogens is 372 g/mol. The van der Waals surface area contributed by atoms with E-state index in [1.165, 1.54) is 0 Å². The predicted octanol–water partition coefficient (Wildman–Crippen LogP) is 3.45. The highest BCUT2D eigenvalue weighted by Crippen LogP contribution is 2.30. The van der Waals surface area contributed by atoms with Crippen molar-refractivity contribution in [1.82, 2.24) is 4.57 Å². The fourth-order valence-electron chi connectivity index (χ4n) is 3.33. The Kier molecular flexibility index (Phi) is 5.02. The van der Waals surface area contributed by atoms with E-state index in [-0.39, 0.29) is 0 Å². The van der Waals surface area contributed by atoms with E-state index >= 15 is 0 Å². The Morgan fingerprint density at radius 1 is 1.07 bits per heavy atom. The number of nitrogens with zero attached hydrogens (tertiary/aromatic N) is 3. The number of hydrogen-bond acceptors (Lipinski definition) is 4. The summed E-state index contributed by atoms with van der Waals surface area (Å²) in [6.45, 7) is 1.59. The Morgan fingerprint density at radius 2 is 1.71 bits per heavy atom. The molecule has 3 aromatic rings. The Labute approximate surface area is 165 Å². The van der Waals surface area contributed by atoms with Crippen molar-refractivity contribution in [2.24, 2.45) is 12.2 Å². The maximum atomic E-state index is 11.7. The third-order valence-electron chi connectivity index (χ3n) is 4.87. The van der Waals surface area contributed by atoms with Gasteiger partial charge in [-0.25, -0.2) is 13.6 Å². The van der Waals surface area contributed by atoms with Crippen LogP contribution in [0, 0.1) is 11.3 Å². The molecule has 6 nitrogen and oxygen atoms in total. The topological polar surface area (TPSA) is 92.1 Å². The number of benzene rings is 2. The monoisotopic (exact) mass is 394 g/mol. The van der Waals surface area contributed by atoms with Gasteiger partial charge in [-0.15, -0.1) is 0 Å². The quantitative estimate of drug-likeness (QED) is 0.686. The normalized spacial score (nSPS) is 12.6. The second-order valence-electron chi connectivity index (χ2n) is 6.91. The van der Waals surface area contributed by atoms with Crippen LogP contribution in [0.5, 0.6) is 0 Å². The molecule has 0 aliphatic rings. The largest absolute Gasteiger partial charge is 0.378 e. The molecule has 0 saturated heterocycles. The van der Waals surface area contributed by atoms with Crippen molar-refractivity contribution in [3.05, 3.63) is 59.1 Å². The highest BCUT2D eigenvalue weighted by molar-refractivity contribution is 7.93. The molecule has 3 rings (SSSR count). The zero-order valence-electron chi connectivity index (χ0n) is 16.3. The van der Waals surface area contributed by atoms with Crippen molar-refractivity contribution in [1.29, 1.82) is 5.26 Å². The molecule has 0 bridgehead atoms. The first-order chi connectivity index (χ1) is 13.1. The van der Waals surface area contributed by atoms with Gasteiger partial charge >= 0.3 is 0 Å². The van der Waals surface area contributed by atoms with Crippen molar-refractivity contribution in [2.45, 2.75) is 6.92 Å². The van der Waals surface area contributed by atoms with Gasteiger partial charge in [0.15, 0.2) is 4.91 Å². The van der Waals surface area contributed by atoms with Gasteiger partial charge in [-0.05, 0) is 53.6 Å². The minimum atomic E-state index is -4.07. The van der Waals surface area contributed by atoms with Crippen LogP contribution in [0.3, 0.4) is 0 Å². The minimum Gasteiger partial charge on any atom is -0.378 e. The Bertz CT molecular complexity index is 1250. The summed E-state index contributed by atoms with van der Waals surface area (Å²) in [6.07, 6.45) is 0. The third-order valence-corrected chi connectivity index (χ3v) is 5.84. The Morgan fingerprint density at radius 3 is 2.32 bits per heavy atom. The van der Waals surface area contributed by atoms with Gasteiger partial charge in [0, 0.05) is 43.8 Å². The van der Waals surface area contributed by atoms with E-state index < -0.39 is 14.9 Å². The average molecular weight is 395 g/mol. The van der Waals surface area contributed by atoms with Gasteiger partial charge in [-0.3, -0.25) is 0 Å². The fourth-order valence-corrected chi connectivity index (χ4v) is 3.98. The van der Waals surface area contributed by atoms with E-state index in [9.17, 15) is 13.7 Å². The van der Waals surface area contributed by atoms with Crippen molar-refractivity contribution < 1.29 is 8.42 Å². The fraction of sp³-hybridized carbons (Fsp3) is 0.190. The molecular formula is C21H22N4O2S. The van der Waals surface area contributed by atoms with Crippen LogP contribution in [0.1, 0.15) is 12.6 Å². The van der Waals surface area contributed by atoms with Crippen LogP contribution in [0.4, 0.5) is 5.69 Å². The number of nitriles is 1. The second-order valence-corrected chi connectivity index (χ2v) is 8.41. The van der Waals surface area contributed by atoms with Crippen LogP contribution in [0.2, 0.25) is 0 Å². The highest BCUT2D eigenvalue weighted by Gasteiger charge is 2.19. The number of hydrogen-bond donors (Lipinski definition) is 1. The third kappa shape index (κ3) is 3.52. The van der Waals surface area contributed by atoms with Crippen molar-refractivity contribution >= 4 is 32.1 Å². The number of allylic oxidation sites excluding steroid dienone is 2. The summed E-state index contributed by atoms with van der Waals surface area (Å²) in [4.78, 5) is 1.64. The first-order valence-corrected chi connectivity index (χ1v) is 10.2. The number of aromatic nitrogens is 1. The SMILES string of the molecule is C/C(=C(/C#N)S(N)(=O)=O)c1ccc(-c2ccc3cc(N(C)C)ccc3c2)n1C. The summed E-state index contributed by atoms with van der Waals surface area (Å²) >= 11 is 0. The number of fused-ring (bicyclic) bond motifs is 1. The van der Waals surface area contributed by atoms with E-state index in [1.54, 1.807) is 19.1 Å². The lowest BCUT2D eigenvalue weighted by atomic mass is 10.0. The molecule has 2 aromatic carbocycles. The molecule has 0 atom stereocenters. The molecule has 1 heterocycles. The zero-order valence-corrected chi connectivity index (χ0v) is 17.1. The van der Waals surface area contributed by atoms with Crippen LogP contribution >= 0.6 is 0 Å². The Balaban J connectivity index is 2.11. The summed E-state index contributed by atoms with van der Waals surface area (Å²) in [5.41, 5.74) is 4.01. The van der Waals surface area contributed by atoms with Gasteiger partial charge in [0.2, 0.25) is 10.0 Å². The lowest BCUT2D eigenvalue weighted by Gasteiger charge is -2.14. The number of anilines is 1. The molecule has 0 aliphatic heterocycles. The minimum absolute atomic E-state index is 0.329. The van der Waals surface area contributed by atoms with Gasteiger partial charge in [0.05, 0.1) is 0 Å². The van der Waals surface area contributed by atoms with E-state index in [2.05, 4.69) is 35.2 Å². The molecule has 0 fully saturated rings. The number of nitrogens with two attached hydrogens (primary N) is 1. The van der Waals surface area contributed by atoms with Gasteiger partial charge in [0.1, 0.15) is 6.07 Å². The molecule has 0 unspecified atom stereocenters. The van der Waals surface area contributed by atoms with Gasteiger partial charge in [-0.2, -0.15) is 5.26 Å². The second kappa shape index (κ2) is 7.15. The van der Waals surface area contributed by atoms with Crippen molar-refractivity contribution in [2.75, 3.05) is 19.0 Å². The zero-order chi connectivity index (χ0) is 20.6. The molecule has 0 spiro atoms. The molecule has 0 saturated carbocycles. The van der Waals surface area contributed by atoms with Gasteiger partial charge < -0.3 is 9.47 Å². The van der Waals surface area contributed by atoms with E-state index in [4.69, 9.17) is 5.14 Å². The average Bonchev–Trinajstić information content (AvgIpc) is 3.01. The summed E-state index contributed by atoms with van der Waals surface area (Å²) in [5, 5.41) is 16.6. The molecule has 0 aliphatic carbocycles. The molecule has 0 amide bonds. The summed E-state index contributed by atoms with van der Waals surface area (Å²) in [5.74, 6) is 0. The first-order valence-electron chi connectivity index (χ1n) is 8.65. The summed E-state index contributed by atoms with van der Waals surface area (Å²) < 4.78 is 25.2. The molecule has 2 N–H and O–H groups in total. The lowest BCUT2D eigenvalue weighted by Crippen LogP contribution is -2.15. The standard InChI is InChI=1S/C21H22N4O2S/c1-14(21(13-22)28(23,26)27)19-9-10-20(25(19)4)17-6-5-16-12-18(24(2)3)8-7-15(16)11-17/h5-12H,1-4H3,(H2,23,26,27)/b21-14+. The molecule has 144 valence electrons. The highest BCUT2D eigenvalue weighted by atomic mass is 32.2. The Hall–Kier alpha value is -3.08. The van der Waals surface area contributed by atoms with Crippen molar-refractivity contribution in [3.8, 4) is 17.3 Å². The van der Waals surface area contributed by atoms with E-state index in [1.807, 2.05) is 37.8 Å². The van der Waals surface area contributed by atoms with E-state index in [0.717, 1.165) is 27.7 Å². The van der Waals surface area contributed by atoms with Gasteiger partial charge in [-0.1, -0.05) is 18.2 Å². The van der Waals surface area contributed by atoms with Crippen LogP contribution in [0.15, 0.2) is 53.4 Å². The van der Waals surface area contributed by atoms with Crippen LogP contribution < -0.4 is 10.0 Å². The summed E-state index contributed by atoms with van der Waals surface area (Å²) in [6, 6.07) is 17.9. The molecule has 28 heavy (non-hydrogen) atoms. The predicted molar refractivity (Wildman–Crippen MR) is 114 cm³/mol. The van der Waals surface area contributed by atoms with E-state index in [0.29, 0.717) is 11.3 Å². The van der Waals surface area contributed by atoms with Crippen LogP contribution in [0.25, 0.3) is 27.6 Å². The maximum absolute atomic E-state index is 11.7. The van der Waals surface area contributed by atoms with Crippen LogP contribution in [-0.2, 0) is 17.1 Å². The molecule has 1 aromatic heterocycles. The number of rotatable bonds is 4. The maximum Gasteiger partial charge on any atom is 0.248 e. The smallest absolute Gasteiger partial charge is 0.248 e. The van der Waals surface area contributed by atoms with Crippen molar-refractivity contribution in [3.63, 3.8) is 0 Å². The first kappa shape index (κ1) is 19.7. The lowest BCUT2D eigenvalue weighted by molar-refractivity contribution is 0.605. The van der Waals surface area contributed by atoms with Gasteiger partial charge in [0.25, 0.3) is 0 Å². The van der Waals surface area contributed by atoms with Crippen LogP contribution in [-0.4, -0.2) is 27.1 Å². The molecule has 0 radical (unpaired) electrons. The molecule has 7 heteroatoms. The number of primary sulfonamides is 1. The number of sulfonamides is 1.